The highest BCUT2D eigenvalue weighted by Gasteiger charge is 2.39. The molecule has 1 amide bonds. The van der Waals surface area contributed by atoms with Gasteiger partial charge in [0.25, 0.3) is 0 Å². The average Bonchev–Trinajstić information content (AvgIpc) is 3.13. The summed E-state index contributed by atoms with van der Waals surface area (Å²) in [7, 11) is -3.65. The van der Waals surface area contributed by atoms with E-state index in [-0.39, 0.29) is 24.8 Å². The van der Waals surface area contributed by atoms with Crippen molar-refractivity contribution >= 4 is 16.1 Å². The van der Waals surface area contributed by atoms with Crippen LogP contribution in [0.3, 0.4) is 0 Å². The summed E-state index contributed by atoms with van der Waals surface area (Å²) in [5.74, 6) is 0. The van der Waals surface area contributed by atoms with E-state index in [2.05, 4.69) is 4.90 Å². The summed E-state index contributed by atoms with van der Waals surface area (Å²) in [6.07, 6.45) is 8.23. The van der Waals surface area contributed by atoms with E-state index in [1.807, 2.05) is 26.0 Å². The molecule has 0 bridgehead atoms. The van der Waals surface area contributed by atoms with Crippen molar-refractivity contribution in [3.63, 3.8) is 0 Å². The van der Waals surface area contributed by atoms with Crippen LogP contribution < -0.4 is 0 Å². The highest BCUT2D eigenvalue weighted by atomic mass is 32.2. The molecule has 3 saturated heterocycles. The highest BCUT2D eigenvalue weighted by molar-refractivity contribution is 7.89. The largest absolute Gasteiger partial charge is 0.448 e. The molecule has 3 aliphatic rings. The Labute approximate surface area is 199 Å². The number of nitrogens with zero attached hydrogens (tertiary/aromatic N) is 3. The Balaban J connectivity index is 1.37. The molecular weight excluding hydrogens is 438 g/mol. The van der Waals surface area contributed by atoms with Gasteiger partial charge in [-0.3, -0.25) is 4.90 Å². The van der Waals surface area contributed by atoms with Crippen molar-refractivity contribution in [2.75, 3.05) is 32.8 Å². The molecule has 0 N–H and O–H groups in total. The summed E-state index contributed by atoms with van der Waals surface area (Å²) in [5.41, 5.74) is 1.02. The van der Waals surface area contributed by atoms with Crippen molar-refractivity contribution in [1.82, 2.24) is 14.1 Å². The minimum Gasteiger partial charge on any atom is -0.448 e. The molecule has 33 heavy (non-hydrogen) atoms. The Bertz CT molecular complexity index is 897. The Kier molecular flexibility index (Phi) is 7.97. The van der Waals surface area contributed by atoms with Gasteiger partial charge in [-0.1, -0.05) is 37.0 Å². The van der Waals surface area contributed by atoms with Gasteiger partial charge in [-0.05, 0) is 71.2 Å². The van der Waals surface area contributed by atoms with Crippen LogP contribution in [-0.2, 0) is 14.8 Å². The average molecular weight is 478 g/mol. The van der Waals surface area contributed by atoms with Gasteiger partial charge >= 0.3 is 6.09 Å². The van der Waals surface area contributed by atoms with Crippen molar-refractivity contribution in [3.8, 4) is 0 Å². The van der Waals surface area contributed by atoms with Gasteiger partial charge in [0.1, 0.15) is 6.61 Å². The number of hydrogen-bond donors (Lipinski definition) is 0. The van der Waals surface area contributed by atoms with E-state index in [4.69, 9.17) is 4.74 Å². The molecule has 184 valence electrons. The lowest BCUT2D eigenvalue weighted by molar-refractivity contribution is 0.0673. The predicted octanol–water partition coefficient (Wildman–Crippen LogP) is 4.01. The number of likely N-dealkylation sites (tertiary alicyclic amines) is 2. The molecule has 8 heteroatoms. The zero-order chi connectivity index (χ0) is 23.4. The minimum absolute atomic E-state index is 0.110. The monoisotopic (exact) mass is 477 g/mol. The second-order valence-electron chi connectivity index (χ2n) is 10.00. The molecule has 0 saturated carbocycles. The first-order valence-corrected chi connectivity index (χ1v) is 14.1. The number of benzene rings is 1. The highest BCUT2D eigenvalue weighted by Crippen LogP contribution is 2.30. The molecule has 0 spiro atoms. The third-order valence-electron chi connectivity index (χ3n) is 7.53. The van der Waals surface area contributed by atoms with E-state index in [0.29, 0.717) is 30.4 Å². The van der Waals surface area contributed by atoms with Gasteiger partial charge in [0.15, 0.2) is 0 Å². The van der Waals surface area contributed by atoms with E-state index in [9.17, 15) is 13.2 Å². The molecule has 1 unspecified atom stereocenters. The number of hydrogen-bond acceptors (Lipinski definition) is 5. The van der Waals surface area contributed by atoms with Crippen LogP contribution in [0.1, 0.15) is 63.9 Å². The first kappa shape index (κ1) is 24.5. The van der Waals surface area contributed by atoms with E-state index in [0.717, 1.165) is 37.9 Å². The summed E-state index contributed by atoms with van der Waals surface area (Å²) in [5, 5.41) is 0. The molecule has 3 fully saturated rings. The first-order chi connectivity index (χ1) is 15.9. The van der Waals surface area contributed by atoms with Crippen LogP contribution in [0.5, 0.6) is 0 Å². The molecule has 0 radical (unpaired) electrons. The number of aryl methyl sites for hydroxylation is 1. The lowest BCUT2D eigenvalue weighted by Gasteiger charge is -2.39. The van der Waals surface area contributed by atoms with Crippen molar-refractivity contribution in [1.29, 1.82) is 0 Å². The first-order valence-electron chi connectivity index (χ1n) is 12.6. The number of carbonyl (C=O) groups excluding carboxylic acids is 1. The molecule has 4 rings (SSSR count). The maximum absolute atomic E-state index is 13.4. The topological polar surface area (TPSA) is 70.2 Å². The number of rotatable bonds is 5. The van der Waals surface area contributed by atoms with Gasteiger partial charge < -0.3 is 9.64 Å². The predicted molar refractivity (Wildman–Crippen MR) is 129 cm³/mol. The van der Waals surface area contributed by atoms with Gasteiger partial charge in [-0.2, -0.15) is 4.31 Å². The number of ether oxygens (including phenoxy) is 1. The van der Waals surface area contributed by atoms with Crippen LogP contribution >= 0.6 is 0 Å². The summed E-state index contributed by atoms with van der Waals surface area (Å²) in [6.45, 7) is 7.68. The van der Waals surface area contributed by atoms with E-state index < -0.39 is 10.0 Å². The fraction of sp³-hybridized carbons (Fsp3) is 0.720. The SMILES string of the molecule is Cc1ccc(S(=O)(=O)N2[C@@H](COC(=O)N3CCC(N4CCCCCC4)C3)CCC[C@H]2C)cc1. The van der Waals surface area contributed by atoms with Gasteiger partial charge in [0.05, 0.1) is 10.9 Å². The normalized spacial score (nSPS) is 27.9. The van der Waals surface area contributed by atoms with Crippen LogP contribution in [0.15, 0.2) is 29.2 Å². The smallest absolute Gasteiger partial charge is 0.409 e. The molecule has 3 heterocycles. The Morgan fingerprint density at radius 1 is 0.970 bits per heavy atom. The lowest BCUT2D eigenvalue weighted by Crippen LogP contribution is -2.51. The minimum atomic E-state index is -3.65. The number of piperidine rings is 1. The molecule has 0 aliphatic carbocycles. The summed E-state index contributed by atoms with van der Waals surface area (Å²) in [6, 6.07) is 6.96. The molecule has 1 aromatic rings. The number of carbonyl (C=O) groups is 1. The van der Waals surface area contributed by atoms with Gasteiger partial charge in [0.2, 0.25) is 10.0 Å². The van der Waals surface area contributed by atoms with Crippen molar-refractivity contribution in [2.24, 2.45) is 0 Å². The maximum atomic E-state index is 13.4. The third kappa shape index (κ3) is 5.72. The maximum Gasteiger partial charge on any atom is 0.409 e. The van der Waals surface area contributed by atoms with Gasteiger partial charge in [-0.25, -0.2) is 13.2 Å². The van der Waals surface area contributed by atoms with Gasteiger partial charge in [-0.15, -0.1) is 0 Å². The van der Waals surface area contributed by atoms with Crippen molar-refractivity contribution < 1.29 is 17.9 Å². The third-order valence-corrected chi connectivity index (χ3v) is 9.61. The standard InChI is InChI=1S/C25H39N3O4S/c1-20-10-12-24(13-11-20)33(30,31)28-21(2)8-7-9-23(28)19-32-25(29)27-17-14-22(18-27)26-15-5-3-4-6-16-26/h10-13,21-23H,3-9,14-19H2,1-2H3/t21-,22?,23-/m1/s1. The molecule has 1 aromatic carbocycles. The zero-order valence-corrected chi connectivity index (χ0v) is 20.9. The summed E-state index contributed by atoms with van der Waals surface area (Å²) in [4.78, 5) is 17.5. The fourth-order valence-corrected chi connectivity index (χ4v) is 7.47. The fourth-order valence-electron chi connectivity index (χ4n) is 5.61. The van der Waals surface area contributed by atoms with Crippen LogP contribution in [0, 0.1) is 6.92 Å². The molecular formula is C25H39N3O4S. The van der Waals surface area contributed by atoms with Crippen LogP contribution in [0.2, 0.25) is 0 Å². The molecule has 3 aliphatic heterocycles. The molecule has 7 nitrogen and oxygen atoms in total. The van der Waals surface area contributed by atoms with Crippen LogP contribution in [0.4, 0.5) is 4.79 Å². The zero-order valence-electron chi connectivity index (χ0n) is 20.1. The van der Waals surface area contributed by atoms with Crippen LogP contribution in [-0.4, -0.2) is 79.5 Å². The number of sulfonamides is 1. The number of amides is 1. The van der Waals surface area contributed by atoms with E-state index in [1.165, 1.54) is 25.7 Å². The van der Waals surface area contributed by atoms with Crippen LogP contribution in [0.25, 0.3) is 0 Å². The van der Waals surface area contributed by atoms with E-state index in [1.54, 1.807) is 21.3 Å². The van der Waals surface area contributed by atoms with Crippen molar-refractivity contribution in [2.45, 2.75) is 88.2 Å². The second kappa shape index (κ2) is 10.7. The van der Waals surface area contributed by atoms with E-state index >= 15 is 0 Å². The Morgan fingerprint density at radius 2 is 1.67 bits per heavy atom. The molecule has 0 aromatic heterocycles. The quantitative estimate of drug-likeness (QED) is 0.641. The summed E-state index contributed by atoms with van der Waals surface area (Å²) < 4.78 is 34.2. The molecule has 3 atom stereocenters. The second-order valence-corrected chi connectivity index (χ2v) is 11.8. The van der Waals surface area contributed by atoms with Gasteiger partial charge in [0, 0.05) is 25.2 Å². The van der Waals surface area contributed by atoms with Crippen molar-refractivity contribution in [3.05, 3.63) is 29.8 Å². The lowest BCUT2D eigenvalue weighted by atomic mass is 10.0. The summed E-state index contributed by atoms with van der Waals surface area (Å²) >= 11 is 0. The Morgan fingerprint density at radius 3 is 2.36 bits per heavy atom. The Hall–Kier alpha value is -1.64.